The molecule has 0 bridgehead atoms. The fourth-order valence-electron chi connectivity index (χ4n) is 5.78. The summed E-state index contributed by atoms with van der Waals surface area (Å²) in [4.78, 5) is 19.3. The molecule has 47 heavy (non-hydrogen) atoms. The highest BCUT2D eigenvalue weighted by atomic mass is 16.5. The molecule has 2 aliphatic carbocycles. The normalized spacial score (nSPS) is 23.0. The predicted molar refractivity (Wildman–Crippen MR) is 171 cm³/mol. The number of ether oxygens (including phenoxy) is 4. The van der Waals surface area contributed by atoms with Crippen LogP contribution in [0.2, 0.25) is 0 Å². The molecule has 2 heterocycles. The van der Waals surface area contributed by atoms with Gasteiger partial charge in [-0.15, -0.1) is 0 Å². The fraction of sp³-hybridized carbons (Fsp3) is 0.361. The number of hydrogen-bond acceptors (Lipinski definition) is 10. The standard InChI is InChI=1S/C18H19NO5.C18H21NO4/c1-23-16-15(7-13(10-19-16)17(20)21)18(22)8-14(9-18)24-11-12-5-3-2-4-6-12;1-22-17-16(7-14(11-20)10-19-17)18(21)8-15(9-18)23-12-13-5-3-2-4-6-13/h2-7,10,14,22H,8-9,11H2,1H3,(H,20,21);2-7,10,15,20-21H,8-9,11-12H2,1H3. The first-order valence-corrected chi connectivity index (χ1v) is 15.3. The molecule has 2 aromatic carbocycles. The Balaban J connectivity index is 0.000000185. The minimum Gasteiger partial charge on any atom is -0.481 e. The van der Waals surface area contributed by atoms with E-state index in [1.165, 1.54) is 26.5 Å². The molecule has 248 valence electrons. The van der Waals surface area contributed by atoms with Crippen LogP contribution in [0.5, 0.6) is 11.8 Å². The Bertz CT molecular complexity index is 1620. The maximum Gasteiger partial charge on any atom is 0.337 e. The topological polar surface area (TPSA) is 161 Å². The van der Waals surface area contributed by atoms with Crippen LogP contribution in [0.25, 0.3) is 0 Å². The van der Waals surface area contributed by atoms with Crippen molar-refractivity contribution < 1.29 is 44.2 Å². The van der Waals surface area contributed by atoms with Gasteiger partial charge in [0.25, 0.3) is 0 Å². The molecule has 0 atom stereocenters. The predicted octanol–water partition coefficient (Wildman–Crippen LogP) is 4.50. The number of aromatic carboxylic acids is 1. The molecule has 2 saturated carbocycles. The Morgan fingerprint density at radius 2 is 1.17 bits per heavy atom. The molecule has 2 aromatic heterocycles. The quantitative estimate of drug-likeness (QED) is 0.172. The van der Waals surface area contributed by atoms with Gasteiger partial charge in [0.2, 0.25) is 11.8 Å². The van der Waals surface area contributed by atoms with Crippen molar-refractivity contribution in [2.75, 3.05) is 14.2 Å². The number of rotatable bonds is 12. The van der Waals surface area contributed by atoms with Crippen molar-refractivity contribution in [3.05, 3.63) is 119 Å². The zero-order chi connectivity index (χ0) is 33.4. The molecule has 2 aliphatic rings. The summed E-state index contributed by atoms with van der Waals surface area (Å²) in [6.07, 6.45) is 4.42. The minimum absolute atomic E-state index is 0.00250. The van der Waals surface area contributed by atoms with E-state index in [2.05, 4.69) is 9.97 Å². The maximum atomic E-state index is 11.1. The Kier molecular flexibility index (Phi) is 10.8. The molecule has 4 N–H and O–H groups in total. The van der Waals surface area contributed by atoms with E-state index in [9.17, 15) is 20.1 Å². The third-order valence-electron chi connectivity index (χ3n) is 8.50. The molecule has 6 rings (SSSR count). The second-order valence-corrected chi connectivity index (χ2v) is 11.9. The number of hydrogen-bond donors (Lipinski definition) is 4. The van der Waals surface area contributed by atoms with Crippen LogP contribution in [0.4, 0.5) is 0 Å². The summed E-state index contributed by atoms with van der Waals surface area (Å²) in [6, 6.07) is 22.9. The molecule has 0 spiro atoms. The Labute approximate surface area is 273 Å². The van der Waals surface area contributed by atoms with Crippen LogP contribution in [0.1, 0.15) is 63.9 Å². The monoisotopic (exact) mass is 644 g/mol. The SMILES string of the molecule is COc1ncc(C(=O)O)cc1C1(O)CC(OCc2ccccc2)C1.COc1ncc(CO)cc1C1(O)CC(OCc2ccccc2)C1. The van der Waals surface area contributed by atoms with Gasteiger partial charge in [0.1, 0.15) is 0 Å². The number of carbonyl (C=O) groups is 1. The number of carboxylic acid groups (broad SMARTS) is 1. The van der Waals surface area contributed by atoms with Crippen molar-refractivity contribution in [2.24, 2.45) is 0 Å². The van der Waals surface area contributed by atoms with Crippen molar-refractivity contribution in [1.29, 1.82) is 0 Å². The fourth-order valence-corrected chi connectivity index (χ4v) is 5.78. The maximum absolute atomic E-state index is 11.1. The Morgan fingerprint density at radius 1 is 0.723 bits per heavy atom. The molecule has 0 saturated heterocycles. The zero-order valence-electron chi connectivity index (χ0n) is 26.4. The van der Waals surface area contributed by atoms with Gasteiger partial charge in [-0.1, -0.05) is 60.7 Å². The highest BCUT2D eigenvalue weighted by Gasteiger charge is 2.48. The van der Waals surface area contributed by atoms with Gasteiger partial charge in [0.15, 0.2) is 0 Å². The van der Waals surface area contributed by atoms with Gasteiger partial charge in [-0.3, -0.25) is 0 Å². The first-order valence-electron chi connectivity index (χ1n) is 15.3. The number of aromatic nitrogens is 2. The number of pyridine rings is 2. The molecule has 0 aliphatic heterocycles. The summed E-state index contributed by atoms with van der Waals surface area (Å²) in [5, 5.41) is 39.9. The Hall–Kier alpha value is -4.39. The lowest BCUT2D eigenvalue weighted by Crippen LogP contribution is -2.46. The van der Waals surface area contributed by atoms with Gasteiger partial charge in [-0.05, 0) is 28.8 Å². The molecule has 0 unspecified atom stereocenters. The van der Waals surface area contributed by atoms with Gasteiger partial charge in [-0.2, -0.15) is 0 Å². The van der Waals surface area contributed by atoms with E-state index in [4.69, 9.17) is 24.1 Å². The highest BCUT2D eigenvalue weighted by Crippen LogP contribution is 2.47. The van der Waals surface area contributed by atoms with Gasteiger partial charge < -0.3 is 39.4 Å². The van der Waals surface area contributed by atoms with Crippen LogP contribution < -0.4 is 9.47 Å². The number of nitrogens with zero attached hydrogens (tertiary/aromatic N) is 2. The molecule has 0 radical (unpaired) electrons. The molecule has 4 aromatic rings. The number of aliphatic hydroxyl groups excluding tert-OH is 1. The van der Waals surface area contributed by atoms with Crippen molar-refractivity contribution >= 4 is 5.97 Å². The lowest BCUT2D eigenvalue weighted by atomic mass is 9.72. The minimum atomic E-state index is -1.18. The Morgan fingerprint density at radius 3 is 1.60 bits per heavy atom. The smallest absolute Gasteiger partial charge is 0.337 e. The van der Waals surface area contributed by atoms with Gasteiger partial charge in [0.05, 0.1) is 63.0 Å². The lowest BCUT2D eigenvalue weighted by molar-refractivity contribution is -0.150. The molecule has 0 amide bonds. The summed E-state index contributed by atoms with van der Waals surface area (Å²) in [6.45, 7) is 0.897. The zero-order valence-corrected chi connectivity index (χ0v) is 26.4. The van der Waals surface area contributed by atoms with Crippen molar-refractivity contribution in [3.63, 3.8) is 0 Å². The first-order chi connectivity index (χ1) is 22.7. The number of carboxylic acids is 1. The number of aliphatic hydroxyl groups is 3. The molecule has 2 fully saturated rings. The van der Waals surface area contributed by atoms with E-state index < -0.39 is 17.2 Å². The third-order valence-corrected chi connectivity index (χ3v) is 8.50. The second kappa shape index (κ2) is 15.0. The second-order valence-electron chi connectivity index (χ2n) is 11.9. The molecule has 11 heteroatoms. The van der Waals surface area contributed by atoms with Crippen LogP contribution in [-0.2, 0) is 40.5 Å². The van der Waals surface area contributed by atoms with Crippen molar-refractivity contribution in [1.82, 2.24) is 9.97 Å². The average molecular weight is 645 g/mol. The van der Waals surface area contributed by atoms with Crippen LogP contribution in [-0.4, -0.2) is 62.8 Å². The van der Waals surface area contributed by atoms with E-state index in [0.717, 1.165) is 11.1 Å². The summed E-state index contributed by atoms with van der Waals surface area (Å²) >= 11 is 0. The molecular weight excluding hydrogens is 604 g/mol. The van der Waals surface area contributed by atoms with Gasteiger partial charge >= 0.3 is 5.97 Å². The van der Waals surface area contributed by atoms with E-state index in [-0.39, 0.29) is 30.3 Å². The van der Waals surface area contributed by atoms with E-state index >= 15 is 0 Å². The number of methoxy groups -OCH3 is 2. The van der Waals surface area contributed by atoms with Crippen LogP contribution in [0.3, 0.4) is 0 Å². The molecule has 11 nitrogen and oxygen atoms in total. The number of benzene rings is 2. The van der Waals surface area contributed by atoms with Crippen LogP contribution in [0.15, 0.2) is 85.2 Å². The van der Waals surface area contributed by atoms with E-state index in [0.29, 0.717) is 61.5 Å². The molecular formula is C36H40N2O9. The lowest BCUT2D eigenvalue weighted by Gasteiger charge is -2.43. The van der Waals surface area contributed by atoms with Gasteiger partial charge in [-0.25, -0.2) is 14.8 Å². The average Bonchev–Trinajstić information content (AvgIpc) is 3.08. The van der Waals surface area contributed by atoms with Gasteiger partial charge in [0, 0.05) is 49.2 Å². The highest BCUT2D eigenvalue weighted by molar-refractivity contribution is 5.87. The summed E-state index contributed by atoms with van der Waals surface area (Å²) in [7, 11) is 2.97. The van der Waals surface area contributed by atoms with E-state index in [1.807, 2.05) is 60.7 Å². The van der Waals surface area contributed by atoms with Crippen molar-refractivity contribution in [2.45, 2.75) is 68.9 Å². The van der Waals surface area contributed by atoms with Crippen LogP contribution in [0, 0.1) is 0 Å². The van der Waals surface area contributed by atoms with E-state index in [1.54, 1.807) is 12.3 Å². The summed E-state index contributed by atoms with van der Waals surface area (Å²) in [5.74, 6) is -0.457. The largest absolute Gasteiger partial charge is 0.481 e. The summed E-state index contributed by atoms with van der Waals surface area (Å²) in [5.41, 5.74) is 1.69. The van der Waals surface area contributed by atoms with Crippen molar-refractivity contribution in [3.8, 4) is 11.8 Å². The summed E-state index contributed by atoms with van der Waals surface area (Å²) < 4.78 is 22.0. The van der Waals surface area contributed by atoms with Crippen LogP contribution >= 0.6 is 0 Å². The third kappa shape index (κ3) is 8.13. The first kappa shape index (κ1) is 34.0.